The zero-order valence-corrected chi connectivity index (χ0v) is 11.3. The Morgan fingerprint density at radius 3 is 2.89 bits per heavy atom. The van der Waals surface area contributed by atoms with E-state index in [1.807, 2.05) is 6.07 Å². The molecule has 1 aromatic rings. The van der Waals surface area contributed by atoms with E-state index in [9.17, 15) is 8.42 Å². The molecule has 5 nitrogen and oxygen atoms in total. The van der Waals surface area contributed by atoms with Crippen molar-refractivity contribution in [3.8, 4) is 6.07 Å². The van der Waals surface area contributed by atoms with Gasteiger partial charge in [-0.05, 0) is 30.7 Å². The molecule has 1 saturated heterocycles. The van der Waals surface area contributed by atoms with Crippen molar-refractivity contribution in [2.75, 3.05) is 11.5 Å². The fraction of sp³-hybridized carbons (Fsp3) is 0.455. The maximum atomic E-state index is 12.1. The largest absolute Gasteiger partial charge is 0.244 e. The van der Waals surface area contributed by atoms with Gasteiger partial charge in [0, 0.05) is 18.0 Å². The molecule has 1 unspecified atom stereocenters. The summed E-state index contributed by atoms with van der Waals surface area (Å²) in [5.74, 6) is 1.90. The van der Waals surface area contributed by atoms with Gasteiger partial charge in [-0.25, -0.2) is 18.1 Å². The van der Waals surface area contributed by atoms with E-state index in [2.05, 4.69) is 9.71 Å². The number of nitrogens with one attached hydrogen (secondary N) is 1. The summed E-state index contributed by atoms with van der Waals surface area (Å²) >= 11 is 1.76. The first-order chi connectivity index (χ1) is 8.62. The lowest BCUT2D eigenvalue weighted by Gasteiger charge is -2.22. The molecule has 7 heteroatoms. The van der Waals surface area contributed by atoms with Crippen molar-refractivity contribution < 1.29 is 8.42 Å². The Kier molecular flexibility index (Phi) is 4.22. The van der Waals surface area contributed by atoms with Crippen LogP contribution in [0, 0.1) is 11.3 Å². The van der Waals surface area contributed by atoms with Crippen LogP contribution in [0.2, 0.25) is 0 Å². The Balaban J connectivity index is 2.12. The number of nitrogens with zero attached hydrogens (tertiary/aromatic N) is 2. The van der Waals surface area contributed by atoms with Crippen LogP contribution >= 0.6 is 11.8 Å². The molecule has 1 aromatic heterocycles. The summed E-state index contributed by atoms with van der Waals surface area (Å²) in [5, 5.41) is 8.61. The van der Waals surface area contributed by atoms with E-state index in [4.69, 9.17) is 5.26 Å². The molecule has 18 heavy (non-hydrogen) atoms. The van der Waals surface area contributed by atoms with Gasteiger partial charge in [0.15, 0.2) is 0 Å². The minimum Gasteiger partial charge on any atom is -0.244 e. The van der Waals surface area contributed by atoms with Gasteiger partial charge in [0.2, 0.25) is 10.0 Å². The number of rotatable bonds is 3. The zero-order chi connectivity index (χ0) is 13.0. The topological polar surface area (TPSA) is 82.8 Å². The number of nitriles is 1. The molecule has 2 rings (SSSR count). The van der Waals surface area contributed by atoms with E-state index >= 15 is 0 Å². The average Bonchev–Trinajstić information content (AvgIpc) is 2.39. The lowest BCUT2D eigenvalue weighted by Crippen LogP contribution is -2.38. The molecule has 0 saturated carbocycles. The molecule has 96 valence electrons. The fourth-order valence-electron chi connectivity index (χ4n) is 1.73. The lowest BCUT2D eigenvalue weighted by atomic mass is 10.2. The van der Waals surface area contributed by atoms with Crippen molar-refractivity contribution in [1.82, 2.24) is 9.71 Å². The third-order valence-electron chi connectivity index (χ3n) is 2.64. The summed E-state index contributed by atoms with van der Waals surface area (Å²) in [7, 11) is -3.52. The van der Waals surface area contributed by atoms with Crippen LogP contribution in [-0.4, -0.2) is 30.9 Å². The lowest BCUT2D eigenvalue weighted by molar-refractivity contribution is 0.543. The summed E-state index contributed by atoms with van der Waals surface area (Å²) in [4.78, 5) is 3.88. The molecule has 0 radical (unpaired) electrons. The summed E-state index contributed by atoms with van der Waals surface area (Å²) in [6.45, 7) is 0. The standard InChI is InChI=1S/C11H13N3O2S2/c12-6-9-3-4-11(7-13-9)18(15,16)14-10-2-1-5-17-8-10/h3-4,7,10,14H,1-2,5,8H2. The van der Waals surface area contributed by atoms with Gasteiger partial charge < -0.3 is 0 Å². The van der Waals surface area contributed by atoms with Crippen LogP contribution in [0.15, 0.2) is 23.2 Å². The summed E-state index contributed by atoms with van der Waals surface area (Å²) in [5.41, 5.74) is 0.210. The number of pyridine rings is 1. The van der Waals surface area contributed by atoms with E-state index in [1.54, 1.807) is 11.8 Å². The van der Waals surface area contributed by atoms with Crippen molar-refractivity contribution in [2.24, 2.45) is 0 Å². The van der Waals surface area contributed by atoms with Gasteiger partial charge in [0.1, 0.15) is 16.7 Å². The highest BCUT2D eigenvalue weighted by molar-refractivity contribution is 7.99. The van der Waals surface area contributed by atoms with Crippen LogP contribution in [0.4, 0.5) is 0 Å². The highest BCUT2D eigenvalue weighted by atomic mass is 32.2. The second-order valence-corrected chi connectivity index (χ2v) is 6.89. The van der Waals surface area contributed by atoms with Crippen LogP contribution in [0.1, 0.15) is 18.5 Å². The molecule has 0 amide bonds. The Morgan fingerprint density at radius 2 is 2.33 bits per heavy atom. The molecule has 1 atom stereocenters. The van der Waals surface area contributed by atoms with Crippen molar-refractivity contribution >= 4 is 21.8 Å². The molecule has 0 bridgehead atoms. The maximum Gasteiger partial charge on any atom is 0.242 e. The van der Waals surface area contributed by atoms with Crippen molar-refractivity contribution in [1.29, 1.82) is 5.26 Å². The number of aromatic nitrogens is 1. The SMILES string of the molecule is N#Cc1ccc(S(=O)(=O)NC2CCCSC2)cn1. The number of hydrogen-bond donors (Lipinski definition) is 1. The Hall–Kier alpha value is -1.10. The van der Waals surface area contributed by atoms with Gasteiger partial charge in [-0.2, -0.15) is 17.0 Å². The molecule has 1 aliphatic rings. The normalized spacial score (nSPS) is 20.3. The molecule has 1 aliphatic heterocycles. The van der Waals surface area contributed by atoms with Gasteiger partial charge in [0.05, 0.1) is 0 Å². The first-order valence-electron chi connectivity index (χ1n) is 5.58. The van der Waals surface area contributed by atoms with Gasteiger partial charge in [-0.15, -0.1) is 0 Å². The molecule has 0 aliphatic carbocycles. The van der Waals surface area contributed by atoms with Crippen molar-refractivity contribution in [3.05, 3.63) is 24.0 Å². The monoisotopic (exact) mass is 283 g/mol. The van der Waals surface area contributed by atoms with E-state index in [-0.39, 0.29) is 16.6 Å². The van der Waals surface area contributed by atoms with Crippen molar-refractivity contribution in [2.45, 2.75) is 23.8 Å². The van der Waals surface area contributed by atoms with Gasteiger partial charge in [-0.1, -0.05) is 0 Å². The van der Waals surface area contributed by atoms with Crippen LogP contribution in [0.5, 0.6) is 0 Å². The first kappa shape index (κ1) is 13.3. The van der Waals surface area contributed by atoms with E-state index < -0.39 is 10.0 Å². The highest BCUT2D eigenvalue weighted by Crippen LogP contribution is 2.19. The Labute approximate surface area is 111 Å². The average molecular weight is 283 g/mol. The minimum absolute atomic E-state index is 0.00982. The van der Waals surface area contributed by atoms with Gasteiger partial charge in [0.25, 0.3) is 0 Å². The number of thioether (sulfide) groups is 1. The molecule has 1 N–H and O–H groups in total. The van der Waals surface area contributed by atoms with Gasteiger partial charge >= 0.3 is 0 Å². The van der Waals surface area contributed by atoms with Crippen LogP contribution in [0.3, 0.4) is 0 Å². The predicted octanol–water partition coefficient (Wildman–Crippen LogP) is 1.13. The molecular formula is C11H13N3O2S2. The highest BCUT2D eigenvalue weighted by Gasteiger charge is 2.22. The number of sulfonamides is 1. The van der Waals surface area contributed by atoms with Crippen LogP contribution in [0.25, 0.3) is 0 Å². The molecule has 1 fully saturated rings. The zero-order valence-electron chi connectivity index (χ0n) is 9.67. The Morgan fingerprint density at radius 1 is 1.50 bits per heavy atom. The van der Waals surface area contributed by atoms with Crippen molar-refractivity contribution in [3.63, 3.8) is 0 Å². The summed E-state index contributed by atoms with van der Waals surface area (Å²) < 4.78 is 26.8. The quantitative estimate of drug-likeness (QED) is 0.899. The Bertz CT molecular complexity index is 543. The van der Waals surface area contributed by atoms with Crippen LogP contribution < -0.4 is 4.72 Å². The smallest absolute Gasteiger partial charge is 0.242 e. The van der Waals surface area contributed by atoms with E-state index in [1.165, 1.54) is 18.3 Å². The maximum absolute atomic E-state index is 12.1. The number of hydrogen-bond acceptors (Lipinski definition) is 5. The molecular weight excluding hydrogens is 270 g/mol. The van der Waals surface area contributed by atoms with E-state index in [0.29, 0.717) is 0 Å². The second-order valence-electron chi connectivity index (χ2n) is 4.03. The fourth-order valence-corrected chi connectivity index (χ4v) is 4.12. The molecule has 0 aromatic carbocycles. The third kappa shape index (κ3) is 3.22. The first-order valence-corrected chi connectivity index (χ1v) is 8.22. The molecule has 2 heterocycles. The molecule has 0 spiro atoms. The second kappa shape index (κ2) is 5.69. The van der Waals surface area contributed by atoms with Crippen LogP contribution in [-0.2, 0) is 10.0 Å². The third-order valence-corrected chi connectivity index (χ3v) is 5.36. The summed E-state index contributed by atoms with van der Waals surface area (Å²) in [6, 6.07) is 4.66. The summed E-state index contributed by atoms with van der Waals surface area (Å²) in [6.07, 6.45) is 3.12. The predicted molar refractivity (Wildman–Crippen MR) is 69.6 cm³/mol. The van der Waals surface area contributed by atoms with E-state index in [0.717, 1.165) is 24.3 Å². The van der Waals surface area contributed by atoms with Gasteiger partial charge in [-0.3, -0.25) is 0 Å². The minimum atomic E-state index is -3.52.